The smallest absolute Gasteiger partial charge is 0.334 e. The topological polar surface area (TPSA) is 81.7 Å². The Hall–Kier alpha value is -3.41. The minimum absolute atomic E-state index is 0.343. The number of amides is 2. The van der Waals surface area contributed by atoms with Crippen LogP contribution in [0.3, 0.4) is 0 Å². The van der Waals surface area contributed by atoms with E-state index in [0.717, 1.165) is 11.1 Å². The number of esters is 1. The molecule has 28 heavy (non-hydrogen) atoms. The largest absolute Gasteiger partial charge is 0.461 e. The fraction of sp³-hybridized carbons (Fsp3) is 0.227. The van der Waals surface area contributed by atoms with Crippen LogP contribution in [0.15, 0.2) is 66.4 Å². The highest BCUT2D eigenvalue weighted by Gasteiger charge is 2.73. The van der Waals surface area contributed by atoms with Gasteiger partial charge in [-0.2, -0.15) is 0 Å². The van der Waals surface area contributed by atoms with Crippen molar-refractivity contribution in [2.45, 2.75) is 12.5 Å². The number of imide groups is 1. The lowest BCUT2D eigenvalue weighted by atomic mass is 9.53. The molecule has 0 radical (unpaired) electrons. The van der Waals surface area contributed by atoms with Crippen LogP contribution in [-0.2, 0) is 19.1 Å². The maximum atomic E-state index is 12.2. The molecule has 0 aromatic heterocycles. The summed E-state index contributed by atoms with van der Waals surface area (Å²) < 4.78 is 11.4. The molecule has 1 N–H and O–H groups in total. The van der Waals surface area contributed by atoms with Crippen LogP contribution in [0.25, 0.3) is 11.1 Å². The van der Waals surface area contributed by atoms with Gasteiger partial charge in [0.15, 0.2) is 0 Å². The molecule has 0 spiro atoms. The van der Waals surface area contributed by atoms with Gasteiger partial charge in [-0.05, 0) is 30.2 Å². The zero-order chi connectivity index (χ0) is 19.5. The highest BCUT2D eigenvalue weighted by atomic mass is 16.6. The van der Waals surface area contributed by atoms with Crippen LogP contribution in [0.4, 0.5) is 0 Å². The van der Waals surface area contributed by atoms with Crippen LogP contribution in [-0.4, -0.2) is 23.4 Å². The molecule has 1 saturated heterocycles. The minimum atomic E-state index is -1.06. The molecule has 140 valence electrons. The fourth-order valence-electron chi connectivity index (χ4n) is 4.60. The third-order valence-corrected chi connectivity index (χ3v) is 5.87. The lowest BCUT2D eigenvalue weighted by Gasteiger charge is -2.54. The Morgan fingerprint density at radius 2 is 1.57 bits per heavy atom. The van der Waals surface area contributed by atoms with E-state index in [0.29, 0.717) is 11.5 Å². The Bertz CT molecular complexity index is 1030. The Kier molecular flexibility index (Phi) is 3.46. The summed E-state index contributed by atoms with van der Waals surface area (Å²) in [6.07, 6.45) is 1.27. The van der Waals surface area contributed by atoms with E-state index in [1.165, 1.54) is 6.08 Å². The highest BCUT2D eigenvalue weighted by molar-refractivity contribution is 6.08. The molecule has 2 heterocycles. The molecule has 5 rings (SSSR count). The molecule has 4 atom stereocenters. The van der Waals surface area contributed by atoms with Gasteiger partial charge in [-0.1, -0.05) is 42.5 Å². The third-order valence-electron chi connectivity index (χ3n) is 5.87. The van der Waals surface area contributed by atoms with Gasteiger partial charge >= 0.3 is 5.97 Å². The van der Waals surface area contributed by atoms with Crippen molar-refractivity contribution in [1.82, 2.24) is 5.32 Å². The molecule has 2 aliphatic heterocycles. The minimum Gasteiger partial charge on any atom is -0.461 e. The van der Waals surface area contributed by atoms with Gasteiger partial charge in [0.05, 0.1) is 23.8 Å². The van der Waals surface area contributed by atoms with E-state index in [1.54, 1.807) is 6.92 Å². The van der Waals surface area contributed by atoms with E-state index in [2.05, 4.69) is 5.32 Å². The predicted octanol–water partition coefficient (Wildman–Crippen LogP) is 2.45. The van der Waals surface area contributed by atoms with E-state index in [1.807, 2.05) is 54.6 Å². The Morgan fingerprint density at radius 3 is 2.29 bits per heavy atom. The zero-order valence-corrected chi connectivity index (χ0v) is 15.0. The van der Waals surface area contributed by atoms with E-state index >= 15 is 0 Å². The number of fused-ring (bicyclic) bond motifs is 4. The average Bonchev–Trinajstić information content (AvgIpc) is 2.93. The first-order valence-electron chi connectivity index (χ1n) is 9.10. The Labute approximate surface area is 161 Å². The molecule has 2 aromatic carbocycles. The van der Waals surface area contributed by atoms with Crippen molar-refractivity contribution in [2.75, 3.05) is 0 Å². The van der Waals surface area contributed by atoms with Gasteiger partial charge in [0.2, 0.25) is 11.8 Å². The molecule has 2 fully saturated rings. The maximum Gasteiger partial charge on any atom is 0.334 e. The van der Waals surface area contributed by atoms with Crippen molar-refractivity contribution in [3.8, 4) is 16.9 Å². The number of benzene rings is 2. The molecule has 3 aliphatic rings. The first-order valence-corrected chi connectivity index (χ1v) is 9.10. The highest BCUT2D eigenvalue weighted by Crippen LogP contribution is 2.58. The standard InChI is InChI=1S/C22H17NO5/c1-22-18(17-19(22)21(26)23-20(17)25)15(11-16(24)28-22)27-14-9-7-13(8-10-14)12-5-3-2-4-6-12/h2-11,17-19H,1H3,(H,23,25,26)/t17-,18+,19+,22+/m1/s1. The summed E-state index contributed by atoms with van der Waals surface area (Å²) in [5.41, 5.74) is 1.07. The third kappa shape index (κ3) is 2.30. The molecule has 1 aliphatic carbocycles. The molecular weight excluding hydrogens is 358 g/mol. The lowest BCUT2D eigenvalue weighted by Crippen LogP contribution is -2.66. The number of rotatable bonds is 3. The molecule has 6 nitrogen and oxygen atoms in total. The van der Waals surface area contributed by atoms with Gasteiger partial charge in [-0.25, -0.2) is 4.79 Å². The van der Waals surface area contributed by atoms with Gasteiger partial charge in [0.1, 0.15) is 17.1 Å². The van der Waals surface area contributed by atoms with E-state index in [9.17, 15) is 14.4 Å². The lowest BCUT2D eigenvalue weighted by molar-refractivity contribution is -0.209. The summed E-state index contributed by atoms with van der Waals surface area (Å²) >= 11 is 0. The number of ether oxygens (including phenoxy) is 2. The summed E-state index contributed by atoms with van der Waals surface area (Å²) in [4.78, 5) is 36.3. The monoisotopic (exact) mass is 375 g/mol. The second-order valence-corrected chi connectivity index (χ2v) is 7.48. The van der Waals surface area contributed by atoms with E-state index in [4.69, 9.17) is 9.47 Å². The van der Waals surface area contributed by atoms with Crippen LogP contribution in [0.5, 0.6) is 5.75 Å². The van der Waals surface area contributed by atoms with Crippen molar-refractivity contribution in [2.24, 2.45) is 17.8 Å². The van der Waals surface area contributed by atoms with Gasteiger partial charge in [-0.3, -0.25) is 14.9 Å². The maximum absolute atomic E-state index is 12.2. The van der Waals surface area contributed by atoms with Crippen molar-refractivity contribution in [3.63, 3.8) is 0 Å². The molecule has 1 saturated carbocycles. The van der Waals surface area contributed by atoms with Crippen molar-refractivity contribution in [3.05, 3.63) is 66.4 Å². The quantitative estimate of drug-likeness (QED) is 0.658. The predicted molar refractivity (Wildman–Crippen MR) is 98.7 cm³/mol. The van der Waals surface area contributed by atoms with Gasteiger partial charge in [0.25, 0.3) is 0 Å². The second-order valence-electron chi connectivity index (χ2n) is 7.48. The summed E-state index contributed by atoms with van der Waals surface area (Å²) in [7, 11) is 0. The van der Waals surface area contributed by atoms with Gasteiger partial charge < -0.3 is 9.47 Å². The Morgan fingerprint density at radius 1 is 0.893 bits per heavy atom. The molecule has 6 heteroatoms. The molecule has 0 unspecified atom stereocenters. The average molecular weight is 375 g/mol. The summed E-state index contributed by atoms with van der Waals surface area (Å²) in [5, 5.41) is 2.33. The second kappa shape index (κ2) is 5.79. The number of hydrogen-bond acceptors (Lipinski definition) is 5. The van der Waals surface area contributed by atoms with Crippen molar-refractivity contribution < 1.29 is 23.9 Å². The number of nitrogens with one attached hydrogen (secondary N) is 1. The molecule has 2 amide bonds. The fourth-order valence-corrected chi connectivity index (χ4v) is 4.60. The van der Waals surface area contributed by atoms with Crippen LogP contribution in [0, 0.1) is 17.8 Å². The number of carbonyl (C=O) groups excluding carboxylic acids is 3. The number of carbonyl (C=O) groups is 3. The van der Waals surface area contributed by atoms with Crippen molar-refractivity contribution >= 4 is 17.8 Å². The van der Waals surface area contributed by atoms with Crippen LogP contribution >= 0.6 is 0 Å². The van der Waals surface area contributed by atoms with Crippen LogP contribution in [0.1, 0.15) is 6.92 Å². The summed E-state index contributed by atoms with van der Waals surface area (Å²) in [6.45, 7) is 1.68. The van der Waals surface area contributed by atoms with Crippen molar-refractivity contribution in [1.29, 1.82) is 0 Å². The summed E-state index contributed by atoms with van der Waals surface area (Å²) in [6, 6.07) is 17.4. The first-order chi connectivity index (χ1) is 13.5. The van der Waals surface area contributed by atoms with Crippen LogP contribution < -0.4 is 10.1 Å². The van der Waals surface area contributed by atoms with Crippen LogP contribution in [0.2, 0.25) is 0 Å². The molecular formula is C22H17NO5. The molecule has 2 aromatic rings. The van der Waals surface area contributed by atoms with Gasteiger partial charge in [-0.15, -0.1) is 0 Å². The first kappa shape index (κ1) is 16.7. The Balaban J connectivity index is 1.43. The van der Waals surface area contributed by atoms with E-state index < -0.39 is 35.2 Å². The van der Waals surface area contributed by atoms with Gasteiger partial charge in [0, 0.05) is 0 Å². The van der Waals surface area contributed by atoms with E-state index in [-0.39, 0.29) is 5.91 Å². The SMILES string of the molecule is C[C@]12OC(=O)C=C(Oc3ccc(-c4ccccc4)cc3)[C@H]1[C@H]1C(=O)NC(=O)[C@H]12. The molecule has 0 bridgehead atoms. The number of hydrogen-bond donors (Lipinski definition) is 1. The summed E-state index contributed by atoms with van der Waals surface area (Å²) in [5.74, 6) is -2.11. The normalized spacial score (nSPS) is 30.4. The zero-order valence-electron chi connectivity index (χ0n) is 15.0.